The van der Waals surface area contributed by atoms with Gasteiger partial charge in [-0.3, -0.25) is 0 Å². The van der Waals surface area contributed by atoms with Crippen LogP contribution in [-0.2, 0) is 6.54 Å². The van der Waals surface area contributed by atoms with Crippen LogP contribution in [-0.4, -0.2) is 10.1 Å². The van der Waals surface area contributed by atoms with E-state index in [0.717, 1.165) is 5.69 Å². The molecule has 0 bridgehead atoms. The zero-order chi connectivity index (χ0) is 6.97. The topological polar surface area (TPSA) is 58.1 Å². The molecule has 5 heteroatoms. The number of rotatable bonds is 0. The van der Waals surface area contributed by atoms with E-state index in [1.165, 1.54) is 5.12 Å². The van der Waals surface area contributed by atoms with Crippen LogP contribution in [0.5, 0.6) is 0 Å². The van der Waals surface area contributed by atoms with Gasteiger partial charge in [-0.2, -0.15) is 5.53 Å². The van der Waals surface area contributed by atoms with Crippen LogP contribution >= 0.6 is 0 Å². The van der Waals surface area contributed by atoms with Gasteiger partial charge >= 0.3 is 6.33 Å². The van der Waals surface area contributed by atoms with Gasteiger partial charge in [0, 0.05) is 6.07 Å². The monoisotopic (exact) mass is 138 g/mol. The van der Waals surface area contributed by atoms with E-state index in [1.807, 2.05) is 6.07 Å². The third-order valence-corrected chi connectivity index (χ3v) is 1.41. The Kier molecular flexibility index (Phi) is 1.06. The first kappa shape index (κ1) is 5.57. The molecule has 0 radical (unpaired) electrons. The second-order valence-electron chi connectivity index (χ2n) is 2.17. The Bertz CT molecular complexity index is 223. The first-order valence-corrected chi connectivity index (χ1v) is 3.00. The zero-order valence-corrected chi connectivity index (χ0v) is 5.36. The van der Waals surface area contributed by atoms with Crippen molar-refractivity contribution in [1.29, 1.82) is 0 Å². The number of hydrazine groups is 2. The minimum absolute atomic E-state index is 0.711. The van der Waals surface area contributed by atoms with Crippen molar-refractivity contribution < 1.29 is 4.68 Å². The van der Waals surface area contributed by atoms with E-state index in [2.05, 4.69) is 10.5 Å². The molecule has 1 aliphatic rings. The predicted octanol–water partition coefficient (Wildman–Crippen LogP) is -1.48. The quantitative estimate of drug-likeness (QED) is 0.339. The van der Waals surface area contributed by atoms with Crippen molar-refractivity contribution >= 4 is 0 Å². The molecule has 0 saturated carbocycles. The SMILES string of the molecule is NN1Cc2ccnc[n+]2N1. The Hall–Kier alpha value is -1.20. The van der Waals surface area contributed by atoms with Crippen LogP contribution in [0.2, 0.25) is 0 Å². The Morgan fingerprint density at radius 1 is 1.80 bits per heavy atom. The Labute approximate surface area is 58.0 Å². The van der Waals surface area contributed by atoms with Gasteiger partial charge in [-0.25, -0.2) is 5.84 Å². The second-order valence-corrected chi connectivity index (χ2v) is 2.17. The molecule has 0 amide bonds. The molecule has 0 aromatic carbocycles. The molecule has 2 heterocycles. The van der Waals surface area contributed by atoms with E-state index >= 15 is 0 Å². The molecule has 0 atom stereocenters. The minimum atomic E-state index is 0.711. The van der Waals surface area contributed by atoms with Gasteiger partial charge in [-0.1, -0.05) is 4.98 Å². The Morgan fingerprint density at radius 3 is 3.50 bits per heavy atom. The summed E-state index contributed by atoms with van der Waals surface area (Å²) in [5.41, 5.74) is 3.97. The van der Waals surface area contributed by atoms with Gasteiger partial charge in [0.15, 0.2) is 5.69 Å². The predicted molar refractivity (Wildman–Crippen MR) is 33.5 cm³/mol. The first-order chi connectivity index (χ1) is 4.86. The highest BCUT2D eigenvalue weighted by Gasteiger charge is 2.18. The summed E-state index contributed by atoms with van der Waals surface area (Å²) >= 11 is 0. The van der Waals surface area contributed by atoms with Crippen LogP contribution in [0.1, 0.15) is 5.69 Å². The van der Waals surface area contributed by atoms with Gasteiger partial charge in [-0.05, 0) is 0 Å². The lowest BCUT2D eigenvalue weighted by Crippen LogP contribution is -2.49. The van der Waals surface area contributed by atoms with E-state index in [0.29, 0.717) is 6.54 Å². The first-order valence-electron chi connectivity index (χ1n) is 3.00. The van der Waals surface area contributed by atoms with Crippen LogP contribution in [0.15, 0.2) is 18.6 Å². The average Bonchev–Trinajstić information content (AvgIpc) is 2.27. The Balaban J connectivity index is 2.42. The minimum Gasteiger partial charge on any atom is -0.248 e. The van der Waals surface area contributed by atoms with E-state index < -0.39 is 0 Å². The molecule has 0 aliphatic carbocycles. The van der Waals surface area contributed by atoms with Gasteiger partial charge in [0.25, 0.3) is 0 Å². The van der Waals surface area contributed by atoms with E-state index in [-0.39, 0.29) is 0 Å². The third kappa shape index (κ3) is 0.722. The number of nitrogens with one attached hydrogen (secondary N) is 1. The average molecular weight is 138 g/mol. The Morgan fingerprint density at radius 2 is 2.70 bits per heavy atom. The van der Waals surface area contributed by atoms with Crippen molar-refractivity contribution in [2.45, 2.75) is 6.54 Å². The van der Waals surface area contributed by atoms with Gasteiger partial charge in [-0.15, -0.1) is 9.79 Å². The maximum Gasteiger partial charge on any atom is 0.310 e. The number of hydrogen-bond donors (Lipinski definition) is 2. The maximum atomic E-state index is 5.46. The molecule has 52 valence electrons. The summed E-state index contributed by atoms with van der Waals surface area (Å²) < 4.78 is 1.78. The fourth-order valence-electron chi connectivity index (χ4n) is 0.956. The molecule has 0 fully saturated rings. The zero-order valence-electron chi connectivity index (χ0n) is 5.36. The molecule has 1 aliphatic heterocycles. The summed E-state index contributed by atoms with van der Waals surface area (Å²) in [6.07, 6.45) is 3.43. The highest BCUT2D eigenvalue weighted by molar-refractivity contribution is 4.93. The molecule has 3 N–H and O–H groups in total. The van der Waals surface area contributed by atoms with E-state index in [9.17, 15) is 0 Å². The number of fused-ring (bicyclic) bond motifs is 1. The highest BCUT2D eigenvalue weighted by Crippen LogP contribution is 1.95. The summed E-state index contributed by atoms with van der Waals surface area (Å²) in [6.45, 7) is 0.711. The fourth-order valence-corrected chi connectivity index (χ4v) is 0.956. The number of hydrogen-bond acceptors (Lipinski definition) is 4. The van der Waals surface area contributed by atoms with Crippen molar-refractivity contribution in [3.8, 4) is 0 Å². The molecule has 1 aromatic rings. The standard InChI is InChI=1S/C5H8N5/c6-10-3-5-1-2-7-4-9(5)8-10/h1-2,4,8H,3,6H2/q+1. The van der Waals surface area contributed by atoms with Crippen LogP contribution in [0.3, 0.4) is 0 Å². The number of aromatic nitrogens is 2. The molecule has 10 heavy (non-hydrogen) atoms. The van der Waals surface area contributed by atoms with Crippen molar-refractivity contribution in [3.63, 3.8) is 0 Å². The van der Waals surface area contributed by atoms with Gasteiger partial charge in [0.05, 0.1) is 0 Å². The molecule has 0 saturated heterocycles. The van der Waals surface area contributed by atoms with Crippen molar-refractivity contribution in [1.82, 2.24) is 10.1 Å². The molecular weight excluding hydrogens is 130 g/mol. The van der Waals surface area contributed by atoms with Crippen molar-refractivity contribution in [2.75, 3.05) is 5.53 Å². The van der Waals surface area contributed by atoms with Crippen molar-refractivity contribution in [2.24, 2.45) is 5.84 Å². The van der Waals surface area contributed by atoms with Crippen LogP contribution in [0, 0.1) is 0 Å². The van der Waals surface area contributed by atoms with Gasteiger partial charge in [0.1, 0.15) is 12.7 Å². The van der Waals surface area contributed by atoms with E-state index in [1.54, 1.807) is 17.2 Å². The summed E-state index contributed by atoms with van der Waals surface area (Å²) in [7, 11) is 0. The van der Waals surface area contributed by atoms with Gasteiger partial charge in [0.2, 0.25) is 0 Å². The van der Waals surface area contributed by atoms with Crippen molar-refractivity contribution in [3.05, 3.63) is 24.3 Å². The summed E-state index contributed by atoms with van der Waals surface area (Å²) in [4.78, 5) is 3.91. The smallest absolute Gasteiger partial charge is 0.248 e. The maximum absolute atomic E-state index is 5.46. The number of nitrogens with two attached hydrogens (primary N) is 1. The van der Waals surface area contributed by atoms with Crippen LogP contribution in [0.25, 0.3) is 0 Å². The largest absolute Gasteiger partial charge is 0.310 e. The lowest BCUT2D eigenvalue weighted by molar-refractivity contribution is -0.659. The molecular formula is C5H8N5+. The fraction of sp³-hybridized carbons (Fsp3) is 0.200. The lowest BCUT2D eigenvalue weighted by Gasteiger charge is -2.01. The van der Waals surface area contributed by atoms with Crippen LogP contribution < -0.4 is 16.1 Å². The molecule has 0 spiro atoms. The molecule has 2 rings (SSSR count). The number of nitrogens with zero attached hydrogens (tertiary/aromatic N) is 3. The highest BCUT2D eigenvalue weighted by atomic mass is 15.8. The molecule has 1 aromatic heterocycles. The van der Waals surface area contributed by atoms with Gasteiger partial charge < -0.3 is 0 Å². The third-order valence-electron chi connectivity index (χ3n) is 1.41. The normalized spacial score (nSPS) is 16.5. The van der Waals surface area contributed by atoms with Crippen LogP contribution in [0.4, 0.5) is 0 Å². The van der Waals surface area contributed by atoms with E-state index in [4.69, 9.17) is 5.84 Å². The molecule has 5 nitrogen and oxygen atoms in total. The summed E-state index contributed by atoms with van der Waals surface area (Å²) in [6, 6.07) is 1.92. The lowest BCUT2D eigenvalue weighted by atomic mass is 10.4. The second kappa shape index (κ2) is 1.89. The summed E-state index contributed by atoms with van der Waals surface area (Å²) in [5, 5.41) is 1.50. The molecule has 0 unspecified atom stereocenters. The summed E-state index contributed by atoms with van der Waals surface area (Å²) in [5.74, 6) is 5.46.